The van der Waals surface area contributed by atoms with Crippen LogP contribution in [0.3, 0.4) is 0 Å². The molecule has 4 rings (SSSR count). The van der Waals surface area contributed by atoms with Gasteiger partial charge in [0, 0.05) is 16.7 Å². The average Bonchev–Trinajstić information content (AvgIpc) is 2.83. The number of allylic oxidation sites excluding steroid dienone is 2. The maximum absolute atomic E-state index is 15.0. The Bertz CT molecular complexity index is 1180. The molecule has 0 heterocycles. The van der Waals surface area contributed by atoms with Crippen LogP contribution < -0.4 is 0 Å². The van der Waals surface area contributed by atoms with Crippen LogP contribution in [0.2, 0.25) is 0 Å². The summed E-state index contributed by atoms with van der Waals surface area (Å²) < 4.78 is 59.0. The van der Waals surface area contributed by atoms with E-state index >= 15 is 0 Å². The second kappa shape index (κ2) is 9.94. The van der Waals surface area contributed by atoms with Gasteiger partial charge >= 0.3 is 0 Å². The minimum Gasteiger partial charge on any atom is -0.203 e. The minimum atomic E-state index is -0.891. The number of hydrogen-bond donors (Lipinski definition) is 0. The molecule has 1 aliphatic carbocycles. The zero-order chi connectivity index (χ0) is 23.5. The molecule has 3 aromatic carbocycles. The number of hydrogen-bond acceptors (Lipinski definition) is 0. The van der Waals surface area contributed by atoms with E-state index in [0.29, 0.717) is 34.6 Å². The topological polar surface area (TPSA) is 0 Å². The molecule has 0 amide bonds. The maximum atomic E-state index is 15.0. The van der Waals surface area contributed by atoms with Crippen molar-refractivity contribution in [2.75, 3.05) is 0 Å². The maximum Gasteiger partial charge on any atom is 0.167 e. The molecule has 4 heteroatoms. The van der Waals surface area contributed by atoms with Gasteiger partial charge in [-0.3, -0.25) is 0 Å². The number of aryl methyl sites for hydroxylation is 1. The Balaban J connectivity index is 1.61. The van der Waals surface area contributed by atoms with Crippen LogP contribution in [-0.4, -0.2) is 0 Å². The highest BCUT2D eigenvalue weighted by Crippen LogP contribution is 2.35. The van der Waals surface area contributed by atoms with E-state index in [9.17, 15) is 17.6 Å². The van der Waals surface area contributed by atoms with E-state index in [1.54, 1.807) is 48.5 Å². The highest BCUT2D eigenvalue weighted by atomic mass is 19.2. The normalized spacial score (nSPS) is 16.1. The van der Waals surface area contributed by atoms with Gasteiger partial charge in [0.25, 0.3) is 0 Å². The SMILES string of the molecule is CCCCc1ccc(-c2ccc(-c3ccc(C4=CCC(C)CC4)c(F)c3F)cc2)c(F)c1F. The van der Waals surface area contributed by atoms with E-state index in [2.05, 4.69) is 6.92 Å². The summed E-state index contributed by atoms with van der Waals surface area (Å²) in [5.74, 6) is -2.87. The molecule has 33 heavy (non-hydrogen) atoms. The lowest BCUT2D eigenvalue weighted by molar-refractivity contribution is 0.499. The average molecular weight is 453 g/mol. The van der Waals surface area contributed by atoms with Crippen LogP contribution in [0.25, 0.3) is 27.8 Å². The number of benzene rings is 3. The quantitative estimate of drug-likeness (QED) is 0.327. The molecule has 1 atom stereocenters. The summed E-state index contributed by atoms with van der Waals surface area (Å²) in [6.45, 7) is 4.15. The van der Waals surface area contributed by atoms with Crippen LogP contribution in [0.15, 0.2) is 54.6 Å². The van der Waals surface area contributed by atoms with Gasteiger partial charge in [-0.1, -0.05) is 74.9 Å². The fourth-order valence-corrected chi connectivity index (χ4v) is 4.43. The first-order valence-electron chi connectivity index (χ1n) is 11.7. The molecular weight excluding hydrogens is 424 g/mol. The molecule has 0 fully saturated rings. The van der Waals surface area contributed by atoms with E-state index in [1.807, 2.05) is 13.0 Å². The summed E-state index contributed by atoms with van der Waals surface area (Å²) in [4.78, 5) is 0. The van der Waals surface area contributed by atoms with Crippen molar-refractivity contribution in [2.45, 2.75) is 52.4 Å². The zero-order valence-electron chi connectivity index (χ0n) is 19.0. The Kier molecular flexibility index (Phi) is 7.02. The second-order valence-corrected chi connectivity index (χ2v) is 8.98. The molecule has 0 saturated heterocycles. The summed E-state index contributed by atoms with van der Waals surface area (Å²) >= 11 is 0. The van der Waals surface area contributed by atoms with E-state index in [4.69, 9.17) is 0 Å². The summed E-state index contributed by atoms with van der Waals surface area (Å²) in [5.41, 5.74) is 2.81. The first-order chi connectivity index (χ1) is 15.9. The Morgan fingerprint density at radius 2 is 1.27 bits per heavy atom. The van der Waals surface area contributed by atoms with Crippen molar-refractivity contribution in [2.24, 2.45) is 5.92 Å². The van der Waals surface area contributed by atoms with Gasteiger partial charge in [-0.2, -0.15) is 0 Å². The Morgan fingerprint density at radius 1 is 0.727 bits per heavy atom. The molecule has 0 radical (unpaired) electrons. The van der Waals surface area contributed by atoms with Crippen LogP contribution in [-0.2, 0) is 6.42 Å². The van der Waals surface area contributed by atoms with E-state index in [0.717, 1.165) is 37.7 Å². The predicted octanol–water partition coefficient (Wildman–Crippen LogP) is 9.12. The Labute approximate surface area is 193 Å². The highest BCUT2D eigenvalue weighted by molar-refractivity contribution is 5.74. The summed E-state index contributed by atoms with van der Waals surface area (Å²) in [6, 6.07) is 12.8. The first-order valence-corrected chi connectivity index (χ1v) is 11.7. The zero-order valence-corrected chi connectivity index (χ0v) is 19.0. The second-order valence-electron chi connectivity index (χ2n) is 8.98. The summed E-state index contributed by atoms with van der Waals surface area (Å²) in [5, 5.41) is 0. The largest absolute Gasteiger partial charge is 0.203 e. The molecule has 1 unspecified atom stereocenters. The van der Waals surface area contributed by atoms with Crippen LogP contribution >= 0.6 is 0 Å². The van der Waals surface area contributed by atoms with Gasteiger partial charge in [-0.05, 0) is 60.3 Å². The Hall–Kier alpha value is -2.88. The van der Waals surface area contributed by atoms with Crippen LogP contribution in [0, 0.1) is 29.2 Å². The molecule has 0 N–H and O–H groups in total. The van der Waals surface area contributed by atoms with Gasteiger partial charge in [0.1, 0.15) is 0 Å². The number of halogens is 4. The van der Waals surface area contributed by atoms with Crippen molar-refractivity contribution in [3.05, 3.63) is 89.0 Å². The van der Waals surface area contributed by atoms with Gasteiger partial charge in [0.2, 0.25) is 0 Å². The third-order valence-corrected chi connectivity index (χ3v) is 6.57. The molecule has 0 nitrogen and oxygen atoms in total. The molecular formula is C29H28F4. The number of rotatable bonds is 6. The van der Waals surface area contributed by atoms with E-state index in [1.165, 1.54) is 0 Å². The first kappa shape index (κ1) is 23.3. The molecule has 1 aliphatic rings. The third kappa shape index (κ3) is 4.75. The van der Waals surface area contributed by atoms with Gasteiger partial charge in [0.15, 0.2) is 23.3 Å². The predicted molar refractivity (Wildman–Crippen MR) is 127 cm³/mol. The summed E-state index contributed by atoms with van der Waals surface area (Å²) in [7, 11) is 0. The number of unbranched alkanes of at least 4 members (excludes halogenated alkanes) is 1. The van der Waals surface area contributed by atoms with Gasteiger partial charge in [0.05, 0.1) is 0 Å². The smallest absolute Gasteiger partial charge is 0.167 e. The van der Waals surface area contributed by atoms with Crippen LogP contribution in [0.1, 0.15) is 57.1 Å². The molecule has 0 aromatic heterocycles. The highest BCUT2D eigenvalue weighted by Gasteiger charge is 2.20. The molecule has 0 bridgehead atoms. The molecule has 0 saturated carbocycles. The molecule has 0 aliphatic heterocycles. The van der Waals surface area contributed by atoms with Crippen LogP contribution in [0.5, 0.6) is 0 Å². The standard InChI is InChI=1S/C29H28F4/c1-3-4-5-22-14-15-23(27(31)26(22)30)20-10-12-21(13-11-20)25-17-16-24(28(32)29(25)33)19-8-6-18(2)7-9-19/h8,10-18H,3-7,9H2,1-2H3. The lowest BCUT2D eigenvalue weighted by Gasteiger charge is -2.19. The Morgan fingerprint density at radius 3 is 1.85 bits per heavy atom. The van der Waals surface area contributed by atoms with Crippen molar-refractivity contribution in [1.82, 2.24) is 0 Å². The van der Waals surface area contributed by atoms with Crippen molar-refractivity contribution < 1.29 is 17.6 Å². The van der Waals surface area contributed by atoms with Crippen LogP contribution in [0.4, 0.5) is 17.6 Å². The van der Waals surface area contributed by atoms with Crippen molar-refractivity contribution in [1.29, 1.82) is 0 Å². The monoisotopic (exact) mass is 452 g/mol. The lowest BCUT2D eigenvalue weighted by atomic mass is 9.87. The lowest BCUT2D eigenvalue weighted by Crippen LogP contribution is -2.04. The summed E-state index contributed by atoms with van der Waals surface area (Å²) in [6.07, 6.45) is 6.77. The molecule has 172 valence electrons. The molecule has 3 aromatic rings. The minimum absolute atomic E-state index is 0.147. The van der Waals surface area contributed by atoms with Crippen molar-refractivity contribution >= 4 is 5.57 Å². The third-order valence-electron chi connectivity index (χ3n) is 6.57. The van der Waals surface area contributed by atoms with Gasteiger partial charge in [-0.25, -0.2) is 17.6 Å². The fourth-order valence-electron chi connectivity index (χ4n) is 4.43. The van der Waals surface area contributed by atoms with E-state index in [-0.39, 0.29) is 11.1 Å². The van der Waals surface area contributed by atoms with Gasteiger partial charge < -0.3 is 0 Å². The van der Waals surface area contributed by atoms with Crippen molar-refractivity contribution in [3.63, 3.8) is 0 Å². The fraction of sp³-hybridized carbons (Fsp3) is 0.310. The van der Waals surface area contributed by atoms with E-state index < -0.39 is 23.3 Å². The van der Waals surface area contributed by atoms with Crippen molar-refractivity contribution in [3.8, 4) is 22.3 Å². The molecule has 0 spiro atoms. The van der Waals surface area contributed by atoms with Gasteiger partial charge in [-0.15, -0.1) is 0 Å².